The number of ketones is 1. The molecule has 0 bridgehead atoms. The summed E-state index contributed by atoms with van der Waals surface area (Å²) in [7, 11) is 0. The number of hydrogen-bond donors (Lipinski definition) is 0. The van der Waals surface area contributed by atoms with Gasteiger partial charge in [0.05, 0.1) is 5.41 Å². The zero-order chi connectivity index (χ0) is 19.1. The van der Waals surface area contributed by atoms with Crippen molar-refractivity contribution >= 4 is 5.78 Å². The molecule has 1 unspecified atom stereocenters. The van der Waals surface area contributed by atoms with E-state index in [4.69, 9.17) is 0 Å². The smallest absolute Gasteiger partial charge is 0.145 e. The Labute approximate surface area is 164 Å². The van der Waals surface area contributed by atoms with Gasteiger partial charge >= 0.3 is 0 Å². The standard InChI is InChI=1S/C25H33NO/c1-21(20-26-18-12-4-3-5-13-19-26)25(22(2)27,23-14-8-6-9-15-23)24-16-10-7-11-17-24/h6-11,14-17,21H,3-5,12-13,18-20H2,1-2H3. The van der Waals surface area contributed by atoms with Crippen molar-refractivity contribution in [1.29, 1.82) is 0 Å². The number of likely N-dealkylation sites (tertiary alicyclic amines) is 1. The maximum Gasteiger partial charge on any atom is 0.145 e. The zero-order valence-corrected chi connectivity index (χ0v) is 16.9. The molecule has 1 atom stereocenters. The first-order valence-electron chi connectivity index (χ1n) is 10.5. The van der Waals surface area contributed by atoms with Gasteiger partial charge in [0.25, 0.3) is 0 Å². The summed E-state index contributed by atoms with van der Waals surface area (Å²) in [6.07, 6.45) is 6.59. The Morgan fingerprint density at radius 2 is 1.30 bits per heavy atom. The molecule has 1 aliphatic heterocycles. The van der Waals surface area contributed by atoms with Gasteiger partial charge in [-0.25, -0.2) is 0 Å². The van der Waals surface area contributed by atoms with Gasteiger partial charge in [-0.05, 0) is 49.9 Å². The molecule has 0 radical (unpaired) electrons. The molecular weight excluding hydrogens is 330 g/mol. The van der Waals surface area contributed by atoms with Crippen LogP contribution >= 0.6 is 0 Å². The lowest BCUT2D eigenvalue weighted by Crippen LogP contribution is -2.47. The van der Waals surface area contributed by atoms with Crippen molar-refractivity contribution in [2.75, 3.05) is 19.6 Å². The zero-order valence-electron chi connectivity index (χ0n) is 16.9. The molecule has 0 aliphatic carbocycles. The van der Waals surface area contributed by atoms with Gasteiger partial charge in [-0.3, -0.25) is 4.79 Å². The summed E-state index contributed by atoms with van der Waals surface area (Å²) >= 11 is 0. The van der Waals surface area contributed by atoms with Crippen molar-refractivity contribution in [2.45, 2.75) is 51.4 Å². The molecule has 3 rings (SSSR count). The van der Waals surface area contributed by atoms with E-state index < -0.39 is 5.41 Å². The third kappa shape index (κ3) is 4.32. The molecule has 0 saturated carbocycles. The molecule has 0 N–H and O–H groups in total. The van der Waals surface area contributed by atoms with Crippen LogP contribution in [0.3, 0.4) is 0 Å². The van der Waals surface area contributed by atoms with E-state index in [1.165, 1.54) is 32.1 Å². The SMILES string of the molecule is CC(=O)C(c1ccccc1)(c1ccccc1)C(C)CN1CCCCCCC1. The van der Waals surface area contributed by atoms with E-state index in [0.29, 0.717) is 0 Å². The topological polar surface area (TPSA) is 20.3 Å². The van der Waals surface area contributed by atoms with Crippen molar-refractivity contribution in [3.8, 4) is 0 Å². The van der Waals surface area contributed by atoms with Gasteiger partial charge in [-0.1, -0.05) is 86.8 Å². The summed E-state index contributed by atoms with van der Waals surface area (Å²) in [6, 6.07) is 20.8. The first kappa shape index (κ1) is 19.8. The van der Waals surface area contributed by atoms with Crippen molar-refractivity contribution in [1.82, 2.24) is 4.90 Å². The van der Waals surface area contributed by atoms with Gasteiger partial charge < -0.3 is 4.90 Å². The highest BCUT2D eigenvalue weighted by atomic mass is 16.1. The second kappa shape index (κ2) is 9.32. The third-order valence-electron chi connectivity index (χ3n) is 6.23. The van der Waals surface area contributed by atoms with E-state index >= 15 is 0 Å². The fraction of sp³-hybridized carbons (Fsp3) is 0.480. The lowest BCUT2D eigenvalue weighted by Gasteiger charge is -2.41. The molecule has 0 spiro atoms. The van der Waals surface area contributed by atoms with E-state index in [1.807, 2.05) is 12.1 Å². The van der Waals surface area contributed by atoms with Gasteiger partial charge in [-0.15, -0.1) is 0 Å². The summed E-state index contributed by atoms with van der Waals surface area (Å²) in [6.45, 7) is 7.30. The van der Waals surface area contributed by atoms with Crippen LogP contribution in [0, 0.1) is 5.92 Å². The highest BCUT2D eigenvalue weighted by Gasteiger charge is 2.44. The fourth-order valence-corrected chi connectivity index (χ4v) is 4.91. The minimum atomic E-state index is -0.592. The molecule has 1 aliphatic rings. The Morgan fingerprint density at radius 3 is 1.74 bits per heavy atom. The van der Waals surface area contributed by atoms with E-state index in [-0.39, 0.29) is 11.7 Å². The number of carbonyl (C=O) groups is 1. The van der Waals surface area contributed by atoms with Crippen LogP contribution in [-0.2, 0) is 10.2 Å². The quantitative estimate of drug-likeness (QED) is 0.679. The average molecular weight is 364 g/mol. The molecule has 27 heavy (non-hydrogen) atoms. The number of nitrogens with zero attached hydrogens (tertiary/aromatic N) is 1. The predicted molar refractivity (Wildman–Crippen MR) is 113 cm³/mol. The molecule has 2 aromatic carbocycles. The Bertz CT molecular complexity index is 662. The third-order valence-corrected chi connectivity index (χ3v) is 6.23. The Morgan fingerprint density at radius 1 is 0.852 bits per heavy atom. The van der Waals surface area contributed by atoms with Crippen LogP contribution in [0.2, 0.25) is 0 Å². The van der Waals surface area contributed by atoms with Gasteiger partial charge in [0, 0.05) is 6.54 Å². The van der Waals surface area contributed by atoms with E-state index in [1.54, 1.807) is 6.92 Å². The van der Waals surface area contributed by atoms with Crippen LogP contribution in [0.4, 0.5) is 0 Å². The molecular formula is C25H33NO. The summed E-state index contributed by atoms with van der Waals surface area (Å²) in [4.78, 5) is 15.8. The van der Waals surface area contributed by atoms with Gasteiger partial charge in [-0.2, -0.15) is 0 Å². The molecule has 144 valence electrons. The average Bonchev–Trinajstić information content (AvgIpc) is 2.66. The molecule has 2 heteroatoms. The predicted octanol–water partition coefficient (Wildman–Crippen LogP) is 5.46. The number of hydrogen-bond acceptors (Lipinski definition) is 2. The Kier molecular flexibility index (Phi) is 6.84. The van der Waals surface area contributed by atoms with Crippen LogP contribution in [-0.4, -0.2) is 30.3 Å². The van der Waals surface area contributed by atoms with Crippen LogP contribution < -0.4 is 0 Å². The molecule has 1 heterocycles. The lowest BCUT2D eigenvalue weighted by molar-refractivity contribution is -0.122. The lowest BCUT2D eigenvalue weighted by atomic mass is 9.64. The first-order valence-corrected chi connectivity index (χ1v) is 10.5. The highest BCUT2D eigenvalue weighted by Crippen LogP contribution is 2.41. The maximum atomic E-state index is 13.3. The van der Waals surface area contributed by atoms with Crippen molar-refractivity contribution in [2.24, 2.45) is 5.92 Å². The molecule has 1 fully saturated rings. The van der Waals surface area contributed by atoms with E-state index in [0.717, 1.165) is 30.8 Å². The van der Waals surface area contributed by atoms with E-state index in [2.05, 4.69) is 60.4 Å². The van der Waals surface area contributed by atoms with Crippen LogP contribution in [0.15, 0.2) is 60.7 Å². The molecule has 2 nitrogen and oxygen atoms in total. The van der Waals surface area contributed by atoms with Gasteiger partial charge in [0.1, 0.15) is 5.78 Å². The number of carbonyl (C=O) groups excluding carboxylic acids is 1. The number of Topliss-reactive ketones (excluding diaryl/α,β-unsaturated/α-hetero) is 1. The number of benzene rings is 2. The number of rotatable bonds is 6. The minimum absolute atomic E-state index is 0.208. The maximum absolute atomic E-state index is 13.3. The summed E-state index contributed by atoms with van der Waals surface area (Å²) in [5.41, 5.74) is 1.64. The van der Waals surface area contributed by atoms with Crippen molar-refractivity contribution in [3.63, 3.8) is 0 Å². The molecule has 2 aromatic rings. The Hall–Kier alpha value is -1.93. The monoisotopic (exact) mass is 363 g/mol. The van der Waals surface area contributed by atoms with E-state index in [9.17, 15) is 4.79 Å². The highest BCUT2D eigenvalue weighted by molar-refractivity contribution is 5.92. The largest absolute Gasteiger partial charge is 0.303 e. The molecule has 0 aromatic heterocycles. The summed E-state index contributed by atoms with van der Waals surface area (Å²) in [5.74, 6) is 0.443. The second-order valence-corrected chi connectivity index (χ2v) is 8.07. The summed E-state index contributed by atoms with van der Waals surface area (Å²) < 4.78 is 0. The first-order chi connectivity index (χ1) is 13.2. The molecule has 1 saturated heterocycles. The van der Waals surface area contributed by atoms with Crippen molar-refractivity contribution in [3.05, 3.63) is 71.8 Å². The normalized spacial score (nSPS) is 17.7. The van der Waals surface area contributed by atoms with Crippen LogP contribution in [0.5, 0.6) is 0 Å². The Balaban J connectivity index is 1.99. The van der Waals surface area contributed by atoms with Gasteiger partial charge in [0.2, 0.25) is 0 Å². The van der Waals surface area contributed by atoms with Crippen LogP contribution in [0.25, 0.3) is 0 Å². The minimum Gasteiger partial charge on any atom is -0.303 e. The molecule has 0 amide bonds. The van der Waals surface area contributed by atoms with Gasteiger partial charge in [0.15, 0.2) is 0 Å². The van der Waals surface area contributed by atoms with Crippen LogP contribution in [0.1, 0.15) is 57.1 Å². The summed E-state index contributed by atoms with van der Waals surface area (Å²) in [5, 5.41) is 0. The fourth-order valence-electron chi connectivity index (χ4n) is 4.91. The van der Waals surface area contributed by atoms with Crippen molar-refractivity contribution < 1.29 is 4.79 Å². The second-order valence-electron chi connectivity index (χ2n) is 8.07.